The molecule has 0 bridgehead atoms. The number of carbonyl (C=O) groups excluding carboxylic acids is 2. The third kappa shape index (κ3) is 6.63. The van der Waals surface area contributed by atoms with Crippen molar-refractivity contribution in [2.24, 2.45) is 5.92 Å². The summed E-state index contributed by atoms with van der Waals surface area (Å²) in [5, 5.41) is 4.36. The van der Waals surface area contributed by atoms with Crippen LogP contribution in [0.5, 0.6) is 0 Å². The molecule has 1 N–H and O–H groups in total. The van der Waals surface area contributed by atoms with Crippen molar-refractivity contribution >= 4 is 46.6 Å². The van der Waals surface area contributed by atoms with E-state index in [1.54, 1.807) is 35.2 Å². The molecule has 7 heteroatoms. The zero-order chi connectivity index (χ0) is 22.3. The van der Waals surface area contributed by atoms with Gasteiger partial charge in [0.1, 0.15) is 6.04 Å². The van der Waals surface area contributed by atoms with Crippen molar-refractivity contribution in [2.45, 2.75) is 46.2 Å². The van der Waals surface area contributed by atoms with E-state index in [0.717, 1.165) is 0 Å². The third-order valence-electron chi connectivity index (χ3n) is 4.76. The molecule has 162 valence electrons. The largest absolute Gasteiger partial charge is 0.354 e. The Bertz CT molecular complexity index is 866. The van der Waals surface area contributed by atoms with E-state index in [2.05, 4.69) is 5.32 Å². The fourth-order valence-corrected chi connectivity index (χ4v) is 3.82. The molecule has 0 aliphatic rings. The smallest absolute Gasteiger partial charge is 0.242 e. The average Bonchev–Trinajstić information content (AvgIpc) is 2.70. The zero-order valence-electron chi connectivity index (χ0n) is 17.4. The van der Waals surface area contributed by atoms with Gasteiger partial charge in [0.15, 0.2) is 0 Å². The van der Waals surface area contributed by atoms with Crippen LogP contribution in [0, 0.1) is 5.92 Å². The fourth-order valence-electron chi connectivity index (χ4n) is 3.10. The van der Waals surface area contributed by atoms with Crippen LogP contribution < -0.4 is 5.32 Å². The molecule has 0 saturated carbocycles. The van der Waals surface area contributed by atoms with Crippen LogP contribution in [0.3, 0.4) is 0 Å². The first-order valence-corrected chi connectivity index (χ1v) is 11.1. The minimum Gasteiger partial charge on any atom is -0.354 e. The molecule has 2 amide bonds. The summed E-state index contributed by atoms with van der Waals surface area (Å²) in [4.78, 5) is 27.8. The van der Waals surface area contributed by atoms with Gasteiger partial charge >= 0.3 is 0 Å². The minimum absolute atomic E-state index is 0.0791. The van der Waals surface area contributed by atoms with Crippen molar-refractivity contribution < 1.29 is 9.59 Å². The summed E-state index contributed by atoms with van der Waals surface area (Å²) in [5.41, 5.74) is 1.32. The number of hydrogen-bond donors (Lipinski definition) is 1. The van der Waals surface area contributed by atoms with Crippen molar-refractivity contribution in [3.63, 3.8) is 0 Å². The van der Waals surface area contributed by atoms with E-state index in [0.29, 0.717) is 45.1 Å². The first-order valence-electron chi connectivity index (χ1n) is 9.98. The Balaban J connectivity index is 2.36. The van der Waals surface area contributed by atoms with Crippen LogP contribution in [0.1, 0.15) is 38.3 Å². The number of carbonyl (C=O) groups is 2. The molecule has 0 radical (unpaired) electrons. The molecule has 2 aromatic carbocycles. The first-order chi connectivity index (χ1) is 14.2. The normalized spacial score (nSPS) is 12.0. The maximum atomic E-state index is 13.3. The summed E-state index contributed by atoms with van der Waals surface area (Å²) in [6.45, 7) is 6.59. The lowest BCUT2D eigenvalue weighted by atomic mass is 10.1. The number of rotatable bonds is 9. The summed E-state index contributed by atoms with van der Waals surface area (Å²) in [6.07, 6.45) is 0.538. The van der Waals surface area contributed by atoms with E-state index in [1.807, 2.05) is 32.9 Å². The molecular formula is C23H27Cl3N2O2. The summed E-state index contributed by atoms with van der Waals surface area (Å²) in [6, 6.07) is 11.7. The fraction of sp³-hybridized carbons (Fsp3) is 0.391. The summed E-state index contributed by atoms with van der Waals surface area (Å²) in [7, 11) is 0. The summed E-state index contributed by atoms with van der Waals surface area (Å²) < 4.78 is 0. The first kappa shape index (κ1) is 24.5. The Kier molecular flexibility index (Phi) is 9.47. The molecule has 0 saturated heterocycles. The SMILES string of the molecule is CC[C@H](C(=O)NCC(C)C)N(Cc1c(Cl)cccc1Cl)C(=O)Cc1ccccc1Cl. The molecule has 0 unspecified atom stereocenters. The highest BCUT2D eigenvalue weighted by Crippen LogP contribution is 2.27. The number of amides is 2. The number of benzene rings is 2. The number of nitrogens with one attached hydrogen (secondary N) is 1. The molecule has 2 aromatic rings. The third-order valence-corrected chi connectivity index (χ3v) is 5.84. The average molecular weight is 470 g/mol. The van der Waals surface area contributed by atoms with Crippen LogP contribution in [-0.2, 0) is 22.6 Å². The molecule has 1 atom stereocenters. The molecule has 4 nitrogen and oxygen atoms in total. The van der Waals surface area contributed by atoms with E-state index < -0.39 is 6.04 Å². The maximum absolute atomic E-state index is 13.3. The monoisotopic (exact) mass is 468 g/mol. The lowest BCUT2D eigenvalue weighted by Crippen LogP contribution is -2.50. The molecule has 2 rings (SSSR count). The van der Waals surface area contributed by atoms with Crippen LogP contribution in [0.25, 0.3) is 0 Å². The van der Waals surface area contributed by atoms with Gasteiger partial charge in [0.25, 0.3) is 0 Å². The molecule has 0 spiro atoms. The van der Waals surface area contributed by atoms with Crippen molar-refractivity contribution in [1.82, 2.24) is 10.2 Å². The highest BCUT2D eigenvalue weighted by molar-refractivity contribution is 6.36. The molecule has 0 aliphatic carbocycles. The maximum Gasteiger partial charge on any atom is 0.242 e. The van der Waals surface area contributed by atoms with Crippen molar-refractivity contribution in [3.05, 3.63) is 68.7 Å². The Hall–Kier alpha value is -1.75. The van der Waals surface area contributed by atoms with Crippen LogP contribution in [0.4, 0.5) is 0 Å². The van der Waals surface area contributed by atoms with Gasteiger partial charge in [0.2, 0.25) is 11.8 Å². The van der Waals surface area contributed by atoms with Gasteiger partial charge in [-0.1, -0.05) is 79.8 Å². The van der Waals surface area contributed by atoms with Gasteiger partial charge in [-0.3, -0.25) is 9.59 Å². The molecule has 0 fully saturated rings. The second kappa shape index (κ2) is 11.6. The minimum atomic E-state index is -0.647. The molecular weight excluding hydrogens is 443 g/mol. The van der Waals surface area contributed by atoms with E-state index in [-0.39, 0.29) is 24.8 Å². The number of halogens is 3. The Morgan fingerprint density at radius 3 is 2.13 bits per heavy atom. The van der Waals surface area contributed by atoms with E-state index in [4.69, 9.17) is 34.8 Å². The van der Waals surface area contributed by atoms with Gasteiger partial charge in [-0.05, 0) is 36.1 Å². The van der Waals surface area contributed by atoms with E-state index in [1.165, 1.54) is 0 Å². The number of hydrogen-bond acceptors (Lipinski definition) is 2. The topological polar surface area (TPSA) is 49.4 Å². The quantitative estimate of drug-likeness (QED) is 0.507. The van der Waals surface area contributed by atoms with Crippen LogP contribution >= 0.6 is 34.8 Å². The molecule has 30 heavy (non-hydrogen) atoms. The lowest BCUT2D eigenvalue weighted by molar-refractivity contribution is -0.141. The van der Waals surface area contributed by atoms with Gasteiger partial charge in [-0.15, -0.1) is 0 Å². The highest BCUT2D eigenvalue weighted by Gasteiger charge is 2.30. The van der Waals surface area contributed by atoms with Crippen LogP contribution in [0.15, 0.2) is 42.5 Å². The summed E-state index contributed by atoms with van der Waals surface area (Å²) in [5.74, 6) is -0.107. The Morgan fingerprint density at radius 1 is 0.967 bits per heavy atom. The highest BCUT2D eigenvalue weighted by atomic mass is 35.5. The molecule has 0 aliphatic heterocycles. The van der Waals surface area contributed by atoms with Gasteiger partial charge in [0.05, 0.1) is 6.42 Å². The molecule has 0 heterocycles. The molecule has 0 aromatic heterocycles. The Morgan fingerprint density at radius 2 is 1.57 bits per heavy atom. The van der Waals surface area contributed by atoms with Gasteiger partial charge in [0, 0.05) is 33.7 Å². The predicted molar refractivity (Wildman–Crippen MR) is 124 cm³/mol. The van der Waals surface area contributed by atoms with Crippen LogP contribution in [0.2, 0.25) is 15.1 Å². The second-order valence-corrected chi connectivity index (χ2v) is 8.77. The van der Waals surface area contributed by atoms with Gasteiger partial charge < -0.3 is 10.2 Å². The number of nitrogens with zero attached hydrogens (tertiary/aromatic N) is 1. The summed E-state index contributed by atoms with van der Waals surface area (Å²) >= 11 is 19.0. The van der Waals surface area contributed by atoms with E-state index >= 15 is 0 Å². The van der Waals surface area contributed by atoms with Crippen LogP contribution in [-0.4, -0.2) is 29.3 Å². The van der Waals surface area contributed by atoms with Gasteiger partial charge in [-0.2, -0.15) is 0 Å². The Labute approximate surface area is 193 Å². The predicted octanol–water partition coefficient (Wildman–Crippen LogP) is 5.77. The second-order valence-electron chi connectivity index (χ2n) is 7.55. The van der Waals surface area contributed by atoms with Crippen molar-refractivity contribution in [3.8, 4) is 0 Å². The van der Waals surface area contributed by atoms with Crippen molar-refractivity contribution in [1.29, 1.82) is 0 Å². The van der Waals surface area contributed by atoms with Gasteiger partial charge in [-0.25, -0.2) is 0 Å². The lowest BCUT2D eigenvalue weighted by Gasteiger charge is -2.31. The van der Waals surface area contributed by atoms with Crippen molar-refractivity contribution in [2.75, 3.05) is 6.54 Å². The zero-order valence-corrected chi connectivity index (χ0v) is 19.7. The standard InChI is InChI=1S/C23H27Cl3N2O2/c1-4-21(23(30)27-13-15(2)3)28(14-17-19(25)10-7-11-20(17)26)22(29)12-16-8-5-6-9-18(16)24/h5-11,15,21H,4,12-14H2,1-3H3,(H,27,30)/t21-/m1/s1. The van der Waals surface area contributed by atoms with E-state index in [9.17, 15) is 9.59 Å².